The third-order valence-corrected chi connectivity index (χ3v) is 2.31. The second-order valence-corrected chi connectivity index (χ2v) is 3.98. The third kappa shape index (κ3) is 4.06. The van der Waals surface area contributed by atoms with Gasteiger partial charge in [0.25, 0.3) is 5.91 Å². The van der Waals surface area contributed by atoms with Gasteiger partial charge >= 0.3 is 0 Å². The summed E-state index contributed by atoms with van der Waals surface area (Å²) in [7, 11) is 0. The van der Waals surface area contributed by atoms with Crippen LogP contribution in [0.3, 0.4) is 0 Å². The lowest BCUT2D eigenvalue weighted by Crippen LogP contribution is -2.36. The minimum absolute atomic E-state index is 0.115. The van der Waals surface area contributed by atoms with Crippen LogP contribution in [0, 0.1) is 12.7 Å². The monoisotopic (exact) mass is 239 g/mol. The molecular formula is C13H18FNO2. The summed E-state index contributed by atoms with van der Waals surface area (Å²) in [5.41, 5.74) is 0.891. The van der Waals surface area contributed by atoms with E-state index < -0.39 is 11.9 Å². The number of hydrogen-bond donors (Lipinski definition) is 1. The number of amides is 1. The second-order valence-electron chi connectivity index (χ2n) is 3.98. The minimum Gasteiger partial charge on any atom is -0.478 e. The molecule has 94 valence electrons. The Morgan fingerprint density at radius 1 is 1.53 bits per heavy atom. The van der Waals surface area contributed by atoms with Crippen LogP contribution in [-0.4, -0.2) is 18.6 Å². The molecule has 0 saturated heterocycles. The van der Waals surface area contributed by atoms with Crippen molar-refractivity contribution in [3.63, 3.8) is 0 Å². The average molecular weight is 239 g/mol. The topological polar surface area (TPSA) is 38.3 Å². The van der Waals surface area contributed by atoms with Gasteiger partial charge in [-0.3, -0.25) is 4.79 Å². The van der Waals surface area contributed by atoms with Gasteiger partial charge in [-0.05, 0) is 38.0 Å². The van der Waals surface area contributed by atoms with Crippen molar-refractivity contribution in [2.45, 2.75) is 33.3 Å². The van der Waals surface area contributed by atoms with Gasteiger partial charge in [-0.2, -0.15) is 0 Å². The lowest BCUT2D eigenvalue weighted by molar-refractivity contribution is -0.127. The summed E-state index contributed by atoms with van der Waals surface area (Å²) in [4.78, 5) is 11.5. The van der Waals surface area contributed by atoms with Gasteiger partial charge in [0.15, 0.2) is 17.7 Å². The highest BCUT2D eigenvalue weighted by molar-refractivity contribution is 5.80. The zero-order valence-corrected chi connectivity index (χ0v) is 10.4. The number of nitrogens with one attached hydrogen (secondary N) is 1. The van der Waals surface area contributed by atoms with Crippen molar-refractivity contribution in [1.82, 2.24) is 5.32 Å². The molecule has 0 radical (unpaired) electrons. The molecule has 0 spiro atoms. The quantitative estimate of drug-likeness (QED) is 0.857. The van der Waals surface area contributed by atoms with E-state index in [0.717, 1.165) is 12.0 Å². The fourth-order valence-corrected chi connectivity index (χ4v) is 1.34. The number of rotatable bonds is 5. The zero-order valence-electron chi connectivity index (χ0n) is 10.4. The number of carbonyl (C=O) groups excluding carboxylic acids is 1. The van der Waals surface area contributed by atoms with E-state index in [4.69, 9.17) is 4.74 Å². The molecule has 0 aliphatic heterocycles. The standard InChI is InChI=1S/C13H18FNO2/c1-4-7-15-13(16)10(3)17-12-8-9(2)5-6-11(12)14/h5-6,8,10H,4,7H2,1-3H3,(H,15,16). The maximum atomic E-state index is 13.4. The predicted molar refractivity (Wildman–Crippen MR) is 64.5 cm³/mol. The van der Waals surface area contributed by atoms with E-state index in [1.807, 2.05) is 13.8 Å². The van der Waals surface area contributed by atoms with Gasteiger partial charge < -0.3 is 10.1 Å². The van der Waals surface area contributed by atoms with E-state index >= 15 is 0 Å². The predicted octanol–water partition coefficient (Wildman–Crippen LogP) is 2.43. The number of benzene rings is 1. The van der Waals surface area contributed by atoms with Crippen LogP contribution in [0.2, 0.25) is 0 Å². The highest BCUT2D eigenvalue weighted by Gasteiger charge is 2.15. The van der Waals surface area contributed by atoms with Gasteiger partial charge in [-0.15, -0.1) is 0 Å². The van der Waals surface area contributed by atoms with E-state index in [9.17, 15) is 9.18 Å². The summed E-state index contributed by atoms with van der Waals surface area (Å²) >= 11 is 0. The van der Waals surface area contributed by atoms with Gasteiger partial charge in [0.1, 0.15) is 0 Å². The molecule has 0 fully saturated rings. The molecule has 1 unspecified atom stereocenters. The van der Waals surface area contributed by atoms with Crippen molar-refractivity contribution in [2.75, 3.05) is 6.54 Å². The molecule has 1 aromatic carbocycles. The van der Waals surface area contributed by atoms with Crippen LogP contribution in [0.15, 0.2) is 18.2 Å². The Balaban J connectivity index is 2.64. The first-order valence-corrected chi connectivity index (χ1v) is 5.75. The molecule has 3 nitrogen and oxygen atoms in total. The zero-order chi connectivity index (χ0) is 12.8. The smallest absolute Gasteiger partial charge is 0.260 e. The van der Waals surface area contributed by atoms with Gasteiger partial charge in [-0.1, -0.05) is 13.0 Å². The van der Waals surface area contributed by atoms with Crippen LogP contribution >= 0.6 is 0 Å². The molecule has 1 rings (SSSR count). The summed E-state index contributed by atoms with van der Waals surface area (Å²) in [5.74, 6) is -0.567. The Morgan fingerprint density at radius 3 is 2.88 bits per heavy atom. The molecule has 0 aliphatic carbocycles. The summed E-state index contributed by atoms with van der Waals surface area (Å²) in [6, 6.07) is 4.57. The van der Waals surface area contributed by atoms with E-state index in [-0.39, 0.29) is 11.7 Å². The van der Waals surface area contributed by atoms with E-state index in [1.54, 1.807) is 19.1 Å². The van der Waals surface area contributed by atoms with Gasteiger partial charge in [0.2, 0.25) is 0 Å². The molecular weight excluding hydrogens is 221 g/mol. The Morgan fingerprint density at radius 2 is 2.24 bits per heavy atom. The Labute approximate surface area is 101 Å². The van der Waals surface area contributed by atoms with Crippen molar-refractivity contribution >= 4 is 5.91 Å². The van der Waals surface area contributed by atoms with Crippen LogP contribution in [-0.2, 0) is 4.79 Å². The second kappa shape index (κ2) is 6.23. The molecule has 1 N–H and O–H groups in total. The summed E-state index contributed by atoms with van der Waals surface area (Å²) in [5, 5.41) is 2.70. The first-order valence-electron chi connectivity index (χ1n) is 5.75. The molecule has 0 heterocycles. The molecule has 17 heavy (non-hydrogen) atoms. The Kier molecular flexibility index (Phi) is 4.94. The lowest BCUT2D eigenvalue weighted by Gasteiger charge is -2.15. The lowest BCUT2D eigenvalue weighted by atomic mass is 10.2. The van der Waals surface area contributed by atoms with Crippen LogP contribution in [0.1, 0.15) is 25.8 Å². The number of ether oxygens (including phenoxy) is 1. The highest BCUT2D eigenvalue weighted by atomic mass is 19.1. The Hall–Kier alpha value is -1.58. The van der Waals surface area contributed by atoms with Crippen molar-refractivity contribution in [1.29, 1.82) is 0 Å². The van der Waals surface area contributed by atoms with E-state index in [1.165, 1.54) is 6.07 Å². The average Bonchev–Trinajstić information content (AvgIpc) is 2.30. The summed E-state index contributed by atoms with van der Waals surface area (Å²) in [6.45, 7) is 6.01. The van der Waals surface area contributed by atoms with Gasteiger partial charge in [0.05, 0.1) is 0 Å². The van der Waals surface area contributed by atoms with Crippen LogP contribution in [0.4, 0.5) is 4.39 Å². The fraction of sp³-hybridized carbons (Fsp3) is 0.462. The number of aryl methyl sites for hydroxylation is 1. The Bertz CT molecular complexity index is 393. The van der Waals surface area contributed by atoms with Crippen molar-refractivity contribution in [3.05, 3.63) is 29.6 Å². The molecule has 4 heteroatoms. The fourth-order valence-electron chi connectivity index (χ4n) is 1.34. The van der Waals surface area contributed by atoms with E-state index in [0.29, 0.717) is 6.54 Å². The number of hydrogen-bond acceptors (Lipinski definition) is 2. The molecule has 1 amide bonds. The molecule has 1 aromatic rings. The van der Waals surface area contributed by atoms with Crippen LogP contribution in [0.25, 0.3) is 0 Å². The highest BCUT2D eigenvalue weighted by Crippen LogP contribution is 2.19. The first kappa shape index (κ1) is 13.5. The van der Waals surface area contributed by atoms with Crippen LogP contribution in [0.5, 0.6) is 5.75 Å². The number of halogens is 1. The maximum Gasteiger partial charge on any atom is 0.260 e. The van der Waals surface area contributed by atoms with Crippen molar-refractivity contribution < 1.29 is 13.9 Å². The van der Waals surface area contributed by atoms with Crippen molar-refractivity contribution in [2.24, 2.45) is 0 Å². The van der Waals surface area contributed by atoms with Crippen molar-refractivity contribution in [3.8, 4) is 5.75 Å². The first-order chi connectivity index (χ1) is 8.04. The number of carbonyl (C=O) groups is 1. The van der Waals surface area contributed by atoms with Gasteiger partial charge in [0, 0.05) is 6.54 Å². The summed E-state index contributed by atoms with van der Waals surface area (Å²) < 4.78 is 18.7. The maximum absolute atomic E-state index is 13.4. The molecule has 0 aliphatic rings. The van der Waals surface area contributed by atoms with Gasteiger partial charge in [-0.25, -0.2) is 4.39 Å². The third-order valence-electron chi connectivity index (χ3n) is 2.31. The largest absolute Gasteiger partial charge is 0.478 e. The molecule has 0 saturated carbocycles. The normalized spacial score (nSPS) is 12.0. The SMILES string of the molecule is CCCNC(=O)C(C)Oc1cc(C)ccc1F. The van der Waals surface area contributed by atoms with Crippen LogP contribution < -0.4 is 10.1 Å². The molecule has 0 bridgehead atoms. The summed E-state index contributed by atoms with van der Waals surface area (Å²) in [6.07, 6.45) is 0.162. The van der Waals surface area contributed by atoms with E-state index in [2.05, 4.69) is 5.32 Å². The molecule has 1 atom stereocenters. The minimum atomic E-state index is -0.696. The molecule has 0 aromatic heterocycles.